The Hall–Kier alpha value is -1.85. The van der Waals surface area contributed by atoms with Crippen LogP contribution in [0.5, 0.6) is 0 Å². The third-order valence-electron chi connectivity index (χ3n) is 1.91. The van der Waals surface area contributed by atoms with E-state index in [2.05, 4.69) is 26.0 Å². The van der Waals surface area contributed by atoms with Crippen LogP contribution in [-0.4, -0.2) is 30.7 Å². The van der Waals surface area contributed by atoms with E-state index in [0.29, 0.717) is 12.5 Å². The van der Waals surface area contributed by atoms with Crippen LogP contribution in [0, 0.1) is 0 Å². The van der Waals surface area contributed by atoms with E-state index in [1.54, 1.807) is 0 Å². The van der Waals surface area contributed by atoms with E-state index in [4.69, 9.17) is 5.73 Å². The van der Waals surface area contributed by atoms with Gasteiger partial charge in [0, 0.05) is 0 Å². The van der Waals surface area contributed by atoms with Crippen molar-refractivity contribution in [1.29, 1.82) is 0 Å². The van der Waals surface area contributed by atoms with Crippen molar-refractivity contribution in [3.05, 3.63) is 40.0 Å². The summed E-state index contributed by atoms with van der Waals surface area (Å²) in [4.78, 5) is 0. The molecule has 0 aliphatic heterocycles. The van der Waals surface area contributed by atoms with Crippen LogP contribution >= 0.6 is 0 Å². The van der Waals surface area contributed by atoms with Crippen molar-refractivity contribution >= 4 is 26.2 Å². The third kappa shape index (κ3) is 3.90. The molecule has 88 valence electrons. The topological polar surface area (TPSA) is 88.2 Å². The number of guanidine groups is 1. The summed E-state index contributed by atoms with van der Waals surface area (Å²) >= 11 is 0.250. The predicted octanol–water partition coefficient (Wildman–Crippen LogP) is -0.0350. The quantitative estimate of drug-likeness (QED) is 0.319. The molecule has 0 saturated carbocycles. The van der Waals surface area contributed by atoms with Crippen molar-refractivity contribution < 1.29 is 0 Å². The molecule has 1 aromatic heterocycles. The third-order valence-corrected chi connectivity index (χ3v) is 3.37. The molecule has 6 nitrogen and oxygen atoms in total. The number of anilines is 1. The molecule has 2 aromatic rings. The fraction of sp³-hybridized carbons (Fsp3) is 0.100. The zero-order chi connectivity index (χ0) is 11.9. The summed E-state index contributed by atoms with van der Waals surface area (Å²) < 4.78 is 1.01. The molecule has 7 heteroatoms. The molecule has 0 fully saturated rings. The molecule has 1 heterocycles. The summed E-state index contributed by atoms with van der Waals surface area (Å²) in [6.07, 6.45) is 0. The normalized spacial score (nSPS) is 11.2. The molecule has 0 spiro atoms. The summed E-state index contributed by atoms with van der Waals surface area (Å²) in [6, 6.07) is 9.61. The fourth-order valence-electron chi connectivity index (χ4n) is 1.12. The van der Waals surface area contributed by atoms with Crippen molar-refractivity contribution in [3.63, 3.8) is 0 Å². The molecule has 0 aliphatic carbocycles. The zero-order valence-electron chi connectivity index (χ0n) is 9.00. The molecule has 0 bridgehead atoms. The SMILES string of the molecule is NC(=NNc1ccccc1)NCc1nnc[se]1. The summed E-state index contributed by atoms with van der Waals surface area (Å²) in [5, 5.41) is 16.5. The fourth-order valence-corrected chi connectivity index (χ4v) is 2.09. The second kappa shape index (κ2) is 6.03. The molecule has 4 N–H and O–H groups in total. The molecule has 0 saturated heterocycles. The first-order chi connectivity index (χ1) is 8.34. The van der Waals surface area contributed by atoms with Crippen LogP contribution in [0.4, 0.5) is 5.69 Å². The Labute approximate surface area is 105 Å². The first-order valence-corrected chi connectivity index (χ1v) is 6.82. The van der Waals surface area contributed by atoms with Gasteiger partial charge in [0.1, 0.15) is 0 Å². The second-order valence-electron chi connectivity index (χ2n) is 3.16. The van der Waals surface area contributed by atoms with Crippen molar-refractivity contribution in [1.82, 2.24) is 15.5 Å². The van der Waals surface area contributed by atoms with Crippen LogP contribution in [0.1, 0.15) is 4.57 Å². The van der Waals surface area contributed by atoms with Gasteiger partial charge in [-0.05, 0) is 0 Å². The van der Waals surface area contributed by atoms with E-state index in [9.17, 15) is 0 Å². The maximum absolute atomic E-state index is 5.69. The number of nitrogens with two attached hydrogens (primary N) is 1. The van der Waals surface area contributed by atoms with Gasteiger partial charge in [-0.25, -0.2) is 0 Å². The molecule has 0 amide bonds. The Morgan fingerprint density at radius 3 is 2.88 bits per heavy atom. The van der Waals surface area contributed by atoms with Gasteiger partial charge >= 0.3 is 104 Å². The Bertz CT molecular complexity index is 467. The number of aromatic nitrogens is 2. The summed E-state index contributed by atoms with van der Waals surface area (Å²) in [5.74, 6) is 0.333. The summed E-state index contributed by atoms with van der Waals surface area (Å²) in [6.45, 7) is 0.589. The average Bonchev–Trinajstić information content (AvgIpc) is 2.88. The molecule has 2 rings (SSSR count). The average molecular weight is 295 g/mol. The number of hydrazone groups is 1. The number of nitrogens with one attached hydrogen (secondary N) is 2. The molecular weight excluding hydrogens is 283 g/mol. The van der Waals surface area contributed by atoms with Crippen LogP contribution in [-0.2, 0) is 6.54 Å². The second-order valence-corrected chi connectivity index (χ2v) is 5.09. The van der Waals surface area contributed by atoms with Crippen molar-refractivity contribution in [2.24, 2.45) is 10.8 Å². The molecular formula is C10H12N6Se. The Balaban J connectivity index is 1.81. The van der Waals surface area contributed by atoms with E-state index in [1.807, 2.05) is 35.4 Å². The molecule has 0 unspecified atom stereocenters. The van der Waals surface area contributed by atoms with E-state index in [1.165, 1.54) is 0 Å². The van der Waals surface area contributed by atoms with Crippen molar-refractivity contribution in [2.45, 2.75) is 6.54 Å². The van der Waals surface area contributed by atoms with Crippen LogP contribution in [0.15, 0.2) is 40.5 Å². The molecule has 0 radical (unpaired) electrons. The van der Waals surface area contributed by atoms with Gasteiger partial charge in [-0.1, -0.05) is 0 Å². The molecule has 17 heavy (non-hydrogen) atoms. The Morgan fingerprint density at radius 2 is 2.18 bits per heavy atom. The minimum atomic E-state index is 0.250. The summed E-state index contributed by atoms with van der Waals surface area (Å²) in [5.41, 5.74) is 9.43. The summed E-state index contributed by atoms with van der Waals surface area (Å²) in [7, 11) is 0. The number of para-hydroxylation sites is 1. The number of nitrogens with zero attached hydrogens (tertiary/aromatic N) is 3. The first kappa shape index (κ1) is 11.6. The zero-order valence-corrected chi connectivity index (χ0v) is 10.7. The molecule has 1 aromatic carbocycles. The van der Waals surface area contributed by atoms with Crippen molar-refractivity contribution in [2.75, 3.05) is 5.43 Å². The van der Waals surface area contributed by atoms with E-state index in [-0.39, 0.29) is 14.5 Å². The van der Waals surface area contributed by atoms with Gasteiger partial charge in [0.15, 0.2) is 0 Å². The van der Waals surface area contributed by atoms with Gasteiger partial charge in [0.25, 0.3) is 0 Å². The van der Waals surface area contributed by atoms with Gasteiger partial charge in [-0.15, -0.1) is 0 Å². The Kier molecular flexibility index (Phi) is 4.12. The van der Waals surface area contributed by atoms with Gasteiger partial charge < -0.3 is 0 Å². The van der Waals surface area contributed by atoms with E-state index in [0.717, 1.165) is 10.3 Å². The molecule has 0 atom stereocenters. The van der Waals surface area contributed by atoms with Gasteiger partial charge in [-0.2, -0.15) is 0 Å². The van der Waals surface area contributed by atoms with Gasteiger partial charge in [-0.3, -0.25) is 0 Å². The van der Waals surface area contributed by atoms with Crippen molar-refractivity contribution in [3.8, 4) is 0 Å². The molecule has 0 aliphatic rings. The van der Waals surface area contributed by atoms with Crippen LogP contribution < -0.4 is 16.5 Å². The predicted molar refractivity (Wildman–Crippen MR) is 67.5 cm³/mol. The van der Waals surface area contributed by atoms with E-state index >= 15 is 0 Å². The minimum absolute atomic E-state index is 0.250. The maximum atomic E-state index is 5.69. The van der Waals surface area contributed by atoms with Crippen LogP contribution in [0.3, 0.4) is 0 Å². The van der Waals surface area contributed by atoms with Crippen LogP contribution in [0.25, 0.3) is 0 Å². The number of rotatable bonds is 4. The number of hydrogen-bond donors (Lipinski definition) is 3. The van der Waals surface area contributed by atoms with Crippen LogP contribution in [0.2, 0.25) is 0 Å². The Morgan fingerprint density at radius 1 is 1.35 bits per heavy atom. The number of hydrogen-bond acceptors (Lipinski definition) is 4. The monoisotopic (exact) mass is 296 g/mol. The van der Waals surface area contributed by atoms with Gasteiger partial charge in [0.2, 0.25) is 0 Å². The number of benzene rings is 1. The van der Waals surface area contributed by atoms with E-state index < -0.39 is 0 Å². The standard InChI is InChI=1S/C10H12N6Se/c11-10(12-6-9-15-13-7-17-9)16-14-8-4-2-1-3-5-8/h1-5,7,14H,6H2,(H3,11,12,16). The first-order valence-electron chi connectivity index (χ1n) is 4.98. The van der Waals surface area contributed by atoms with Gasteiger partial charge in [0.05, 0.1) is 0 Å².